The van der Waals surface area contributed by atoms with Crippen molar-refractivity contribution in [1.82, 2.24) is 4.90 Å². The van der Waals surface area contributed by atoms with Gasteiger partial charge in [0.05, 0.1) is 0 Å². The second-order valence-corrected chi connectivity index (χ2v) is 5.61. The molecule has 2 heterocycles. The molecule has 2 fully saturated rings. The Morgan fingerprint density at radius 1 is 1.20 bits per heavy atom. The first-order valence-corrected chi connectivity index (χ1v) is 6.43. The van der Waals surface area contributed by atoms with Crippen LogP contribution in [0.25, 0.3) is 0 Å². The molecule has 2 aliphatic heterocycles. The van der Waals surface area contributed by atoms with E-state index in [9.17, 15) is 4.79 Å². The van der Waals surface area contributed by atoms with E-state index in [0.717, 1.165) is 6.42 Å². The maximum atomic E-state index is 12.4. The first kappa shape index (κ1) is 11.0. The largest absolute Gasteiger partial charge is 0.337 e. The Morgan fingerprint density at radius 2 is 1.93 bits per heavy atom. The van der Waals surface area contributed by atoms with Crippen molar-refractivity contribution in [3.8, 4) is 0 Å². The molecule has 3 atom stereocenters. The highest BCUT2D eigenvalue weighted by Gasteiger charge is 2.39. The van der Waals surface area contributed by atoms with Gasteiger partial charge in [-0.1, -0.05) is 20.3 Å². The molecule has 0 bridgehead atoms. The Kier molecular flexibility index (Phi) is 3.03. The number of hydrogen-bond acceptors (Lipinski definition) is 1. The highest BCUT2D eigenvalue weighted by atomic mass is 16.2. The molecule has 0 aromatic rings. The molecule has 0 radical (unpaired) electrons. The summed E-state index contributed by atoms with van der Waals surface area (Å²) in [5, 5.41) is 0. The Morgan fingerprint density at radius 3 is 2.60 bits per heavy atom. The van der Waals surface area contributed by atoms with Crippen molar-refractivity contribution in [2.45, 2.75) is 65.0 Å². The van der Waals surface area contributed by atoms with Crippen molar-refractivity contribution in [3.05, 3.63) is 0 Å². The number of amides is 1. The third kappa shape index (κ3) is 1.91. The normalized spacial score (nSPS) is 36.9. The first-order valence-electron chi connectivity index (χ1n) is 6.43. The van der Waals surface area contributed by atoms with Gasteiger partial charge >= 0.3 is 0 Å². The van der Waals surface area contributed by atoms with Crippen LogP contribution in [-0.4, -0.2) is 22.9 Å². The molecule has 2 nitrogen and oxygen atoms in total. The van der Waals surface area contributed by atoms with Crippen molar-refractivity contribution in [2.75, 3.05) is 0 Å². The van der Waals surface area contributed by atoms with E-state index in [4.69, 9.17) is 0 Å². The molecule has 2 heteroatoms. The lowest BCUT2D eigenvalue weighted by Crippen LogP contribution is -2.42. The molecule has 0 aromatic heterocycles. The van der Waals surface area contributed by atoms with E-state index in [1.165, 1.54) is 25.7 Å². The molecule has 0 aromatic carbocycles. The maximum absolute atomic E-state index is 12.4. The monoisotopic (exact) mass is 209 g/mol. The first-order chi connectivity index (χ1) is 7.11. The summed E-state index contributed by atoms with van der Waals surface area (Å²) in [4.78, 5) is 14.6. The Labute approximate surface area is 93.0 Å². The number of carbonyl (C=O) groups is 1. The summed E-state index contributed by atoms with van der Waals surface area (Å²) in [7, 11) is 0. The van der Waals surface area contributed by atoms with Crippen LogP contribution in [0.2, 0.25) is 0 Å². The highest BCUT2D eigenvalue weighted by molar-refractivity contribution is 5.80. The van der Waals surface area contributed by atoms with E-state index in [2.05, 4.69) is 25.7 Å². The molecule has 0 aliphatic carbocycles. The fraction of sp³-hybridized carbons (Fsp3) is 0.923. The minimum absolute atomic E-state index is 0.288. The Balaban J connectivity index is 2.18. The van der Waals surface area contributed by atoms with Crippen LogP contribution in [0.5, 0.6) is 0 Å². The van der Waals surface area contributed by atoms with Crippen molar-refractivity contribution < 1.29 is 4.79 Å². The molecule has 2 aliphatic rings. The zero-order valence-electron chi connectivity index (χ0n) is 10.2. The average Bonchev–Trinajstić information content (AvgIpc) is 2.43. The van der Waals surface area contributed by atoms with E-state index in [1.54, 1.807) is 0 Å². The SMILES string of the molecule is CC(C)[C@H]1CCC[C@H]2CC[C@@H](C)N2C1=O. The predicted molar refractivity (Wildman–Crippen MR) is 61.5 cm³/mol. The lowest BCUT2D eigenvalue weighted by atomic mass is 9.90. The quantitative estimate of drug-likeness (QED) is 0.650. The average molecular weight is 209 g/mol. The molecule has 2 saturated heterocycles. The summed E-state index contributed by atoms with van der Waals surface area (Å²) >= 11 is 0. The predicted octanol–water partition coefficient (Wildman–Crippen LogP) is 2.82. The summed E-state index contributed by atoms with van der Waals surface area (Å²) in [5.74, 6) is 1.23. The molecule has 0 saturated carbocycles. The van der Waals surface area contributed by atoms with Crippen LogP contribution < -0.4 is 0 Å². The summed E-state index contributed by atoms with van der Waals surface area (Å²) in [6.45, 7) is 6.58. The van der Waals surface area contributed by atoms with Crippen LogP contribution in [0.1, 0.15) is 52.9 Å². The van der Waals surface area contributed by atoms with Gasteiger partial charge in [0.15, 0.2) is 0 Å². The molecule has 0 N–H and O–H groups in total. The van der Waals surface area contributed by atoms with Gasteiger partial charge in [-0.25, -0.2) is 0 Å². The molecular weight excluding hydrogens is 186 g/mol. The van der Waals surface area contributed by atoms with Crippen molar-refractivity contribution in [2.24, 2.45) is 11.8 Å². The lowest BCUT2D eigenvalue weighted by molar-refractivity contribution is -0.138. The van der Waals surface area contributed by atoms with Crippen LogP contribution in [0.4, 0.5) is 0 Å². The molecule has 0 spiro atoms. The van der Waals surface area contributed by atoms with E-state index in [-0.39, 0.29) is 5.92 Å². The summed E-state index contributed by atoms with van der Waals surface area (Å²) in [6, 6.07) is 1.05. The Hall–Kier alpha value is -0.530. The van der Waals surface area contributed by atoms with Crippen LogP contribution in [-0.2, 0) is 4.79 Å². The molecule has 1 amide bonds. The standard InChI is InChI=1S/C13H23NO/c1-9(2)12-6-4-5-11-8-7-10(3)14(11)13(12)15/h9-12H,4-8H2,1-3H3/t10-,11+,12-/m1/s1. The summed E-state index contributed by atoms with van der Waals surface area (Å²) in [6.07, 6.45) is 6.02. The van der Waals surface area contributed by atoms with Gasteiger partial charge in [0.2, 0.25) is 5.91 Å². The molecule has 2 rings (SSSR count). The molecular formula is C13H23NO. The number of nitrogens with zero attached hydrogens (tertiary/aromatic N) is 1. The molecule has 86 valence electrons. The zero-order chi connectivity index (χ0) is 11.0. The zero-order valence-corrected chi connectivity index (χ0v) is 10.2. The maximum Gasteiger partial charge on any atom is 0.226 e. The third-order valence-electron chi connectivity index (χ3n) is 4.21. The van der Waals surface area contributed by atoms with Gasteiger partial charge in [-0.2, -0.15) is 0 Å². The van der Waals surface area contributed by atoms with Gasteiger partial charge in [-0.3, -0.25) is 4.79 Å². The Bertz CT molecular complexity index is 249. The van der Waals surface area contributed by atoms with Crippen LogP contribution in [0, 0.1) is 11.8 Å². The van der Waals surface area contributed by atoms with Gasteiger partial charge in [0.1, 0.15) is 0 Å². The second kappa shape index (κ2) is 4.15. The fourth-order valence-corrected chi connectivity index (χ4v) is 3.26. The number of carbonyl (C=O) groups excluding carboxylic acids is 1. The van der Waals surface area contributed by atoms with Crippen molar-refractivity contribution in [3.63, 3.8) is 0 Å². The smallest absolute Gasteiger partial charge is 0.226 e. The number of rotatable bonds is 1. The fourth-order valence-electron chi connectivity index (χ4n) is 3.26. The van der Waals surface area contributed by atoms with Gasteiger partial charge in [0, 0.05) is 18.0 Å². The summed E-state index contributed by atoms with van der Waals surface area (Å²) in [5.41, 5.74) is 0. The second-order valence-electron chi connectivity index (χ2n) is 5.61. The topological polar surface area (TPSA) is 20.3 Å². The van der Waals surface area contributed by atoms with Crippen LogP contribution in [0.3, 0.4) is 0 Å². The van der Waals surface area contributed by atoms with Crippen LogP contribution >= 0.6 is 0 Å². The van der Waals surface area contributed by atoms with Gasteiger partial charge < -0.3 is 4.90 Å². The van der Waals surface area contributed by atoms with Crippen LogP contribution in [0.15, 0.2) is 0 Å². The van der Waals surface area contributed by atoms with Crippen molar-refractivity contribution >= 4 is 5.91 Å². The highest BCUT2D eigenvalue weighted by Crippen LogP contribution is 2.35. The molecule has 15 heavy (non-hydrogen) atoms. The number of fused-ring (bicyclic) bond motifs is 1. The number of hydrogen-bond donors (Lipinski definition) is 0. The molecule has 0 unspecified atom stereocenters. The summed E-state index contributed by atoms with van der Waals surface area (Å²) < 4.78 is 0. The van der Waals surface area contributed by atoms with Gasteiger partial charge in [-0.05, 0) is 38.5 Å². The van der Waals surface area contributed by atoms with Gasteiger partial charge in [-0.15, -0.1) is 0 Å². The third-order valence-corrected chi connectivity index (χ3v) is 4.21. The van der Waals surface area contributed by atoms with E-state index in [1.807, 2.05) is 0 Å². The minimum Gasteiger partial charge on any atom is -0.337 e. The van der Waals surface area contributed by atoms with E-state index < -0.39 is 0 Å². The lowest BCUT2D eigenvalue weighted by Gasteiger charge is -2.30. The van der Waals surface area contributed by atoms with E-state index >= 15 is 0 Å². The van der Waals surface area contributed by atoms with Crippen molar-refractivity contribution in [1.29, 1.82) is 0 Å². The minimum atomic E-state index is 0.288. The van der Waals surface area contributed by atoms with Gasteiger partial charge in [0.25, 0.3) is 0 Å². The van der Waals surface area contributed by atoms with E-state index in [0.29, 0.717) is 23.9 Å².